The molecule has 0 aromatic carbocycles. The van der Waals surface area contributed by atoms with Crippen molar-refractivity contribution in [1.29, 1.82) is 0 Å². The average molecular weight is 302 g/mol. The van der Waals surface area contributed by atoms with Gasteiger partial charge in [0.15, 0.2) is 0 Å². The van der Waals surface area contributed by atoms with E-state index in [4.69, 9.17) is 4.74 Å². The molecule has 1 aromatic heterocycles. The minimum atomic E-state index is -0.0397. The van der Waals surface area contributed by atoms with E-state index in [1.165, 1.54) is 0 Å². The van der Waals surface area contributed by atoms with Crippen LogP contribution in [-0.2, 0) is 9.53 Å². The van der Waals surface area contributed by atoms with Gasteiger partial charge >= 0.3 is 0 Å². The third-order valence-corrected chi connectivity index (χ3v) is 5.27. The Labute approximate surface area is 130 Å². The standard InChI is InChI=1S/C16H22N4O2/c21-14-3-1-8-19(14)9-4-13-5-10-22-16(13)11-20(12-16)15-17-6-2-7-18-15/h2,6-7,13H,1,3-5,8-12H2/t13-/m0/s1. The van der Waals surface area contributed by atoms with Crippen LogP contribution in [0.5, 0.6) is 0 Å². The molecular weight excluding hydrogens is 280 g/mol. The van der Waals surface area contributed by atoms with Crippen molar-refractivity contribution in [1.82, 2.24) is 14.9 Å². The molecule has 1 atom stereocenters. The van der Waals surface area contributed by atoms with E-state index in [-0.39, 0.29) is 5.60 Å². The SMILES string of the molecule is O=C1CCCN1CC[C@H]1CCOC12CN(c1ncccn1)C2. The summed E-state index contributed by atoms with van der Waals surface area (Å²) in [4.78, 5) is 24.5. The van der Waals surface area contributed by atoms with Gasteiger partial charge in [0.2, 0.25) is 11.9 Å². The number of likely N-dealkylation sites (tertiary alicyclic amines) is 1. The molecule has 0 N–H and O–H groups in total. The van der Waals surface area contributed by atoms with Crippen LogP contribution in [0.25, 0.3) is 0 Å². The zero-order chi connectivity index (χ0) is 15.0. The molecule has 4 rings (SSSR count). The molecule has 3 saturated heterocycles. The summed E-state index contributed by atoms with van der Waals surface area (Å²) in [7, 11) is 0. The number of carbonyl (C=O) groups excluding carboxylic acids is 1. The number of hydrogen-bond donors (Lipinski definition) is 0. The van der Waals surface area contributed by atoms with Gasteiger partial charge < -0.3 is 14.5 Å². The Morgan fingerprint density at radius 2 is 2.14 bits per heavy atom. The summed E-state index contributed by atoms with van der Waals surface area (Å²) in [5.74, 6) is 1.65. The van der Waals surface area contributed by atoms with Crippen LogP contribution in [0.15, 0.2) is 18.5 Å². The van der Waals surface area contributed by atoms with Gasteiger partial charge in [-0.15, -0.1) is 0 Å². The first kappa shape index (κ1) is 13.9. The van der Waals surface area contributed by atoms with E-state index in [2.05, 4.69) is 14.9 Å². The fourth-order valence-corrected chi connectivity index (χ4v) is 3.99. The van der Waals surface area contributed by atoms with E-state index < -0.39 is 0 Å². The molecule has 4 heterocycles. The third-order valence-electron chi connectivity index (χ3n) is 5.27. The van der Waals surface area contributed by atoms with Crippen molar-refractivity contribution in [2.45, 2.75) is 31.3 Å². The number of aromatic nitrogens is 2. The zero-order valence-corrected chi connectivity index (χ0v) is 12.8. The number of rotatable bonds is 4. The highest BCUT2D eigenvalue weighted by atomic mass is 16.5. The molecule has 3 fully saturated rings. The molecule has 0 radical (unpaired) electrons. The van der Waals surface area contributed by atoms with Crippen molar-refractivity contribution in [2.24, 2.45) is 5.92 Å². The fraction of sp³-hybridized carbons (Fsp3) is 0.688. The summed E-state index contributed by atoms with van der Waals surface area (Å²) in [5.41, 5.74) is -0.0397. The van der Waals surface area contributed by atoms with Crippen molar-refractivity contribution in [3.8, 4) is 0 Å². The van der Waals surface area contributed by atoms with Gasteiger partial charge in [-0.3, -0.25) is 4.79 Å². The van der Waals surface area contributed by atoms with E-state index in [0.29, 0.717) is 11.8 Å². The quantitative estimate of drug-likeness (QED) is 0.833. The van der Waals surface area contributed by atoms with Gasteiger partial charge in [-0.1, -0.05) is 0 Å². The van der Waals surface area contributed by atoms with E-state index in [9.17, 15) is 4.79 Å². The van der Waals surface area contributed by atoms with Crippen molar-refractivity contribution < 1.29 is 9.53 Å². The van der Waals surface area contributed by atoms with Crippen molar-refractivity contribution in [3.63, 3.8) is 0 Å². The van der Waals surface area contributed by atoms with Gasteiger partial charge in [0.1, 0.15) is 5.60 Å². The normalized spacial score (nSPS) is 26.7. The summed E-state index contributed by atoms with van der Waals surface area (Å²) >= 11 is 0. The zero-order valence-electron chi connectivity index (χ0n) is 12.8. The van der Waals surface area contributed by atoms with Crippen LogP contribution >= 0.6 is 0 Å². The van der Waals surface area contributed by atoms with Crippen molar-refractivity contribution in [3.05, 3.63) is 18.5 Å². The number of nitrogens with zero attached hydrogens (tertiary/aromatic N) is 4. The van der Waals surface area contributed by atoms with Gasteiger partial charge in [-0.05, 0) is 31.2 Å². The van der Waals surface area contributed by atoms with Gasteiger partial charge in [0.05, 0.1) is 13.1 Å². The second-order valence-corrected chi connectivity index (χ2v) is 6.58. The molecule has 3 aliphatic rings. The van der Waals surface area contributed by atoms with E-state index in [1.807, 2.05) is 11.0 Å². The molecule has 22 heavy (non-hydrogen) atoms. The van der Waals surface area contributed by atoms with Gasteiger partial charge in [-0.2, -0.15) is 0 Å². The Bertz CT molecular complexity index is 544. The molecular formula is C16H22N4O2. The molecule has 0 unspecified atom stereocenters. The number of amides is 1. The lowest BCUT2D eigenvalue weighted by molar-refractivity contribution is -0.128. The number of hydrogen-bond acceptors (Lipinski definition) is 5. The molecule has 0 aliphatic carbocycles. The third kappa shape index (κ3) is 2.35. The molecule has 3 aliphatic heterocycles. The predicted molar refractivity (Wildman–Crippen MR) is 81.5 cm³/mol. The minimum Gasteiger partial charge on any atom is -0.371 e. The van der Waals surface area contributed by atoms with Gasteiger partial charge in [0, 0.05) is 38.5 Å². The average Bonchev–Trinajstić information content (AvgIpc) is 3.10. The first-order valence-corrected chi connectivity index (χ1v) is 8.21. The fourth-order valence-electron chi connectivity index (χ4n) is 3.99. The molecule has 1 aromatic rings. The second-order valence-electron chi connectivity index (χ2n) is 6.58. The van der Waals surface area contributed by atoms with Crippen molar-refractivity contribution in [2.75, 3.05) is 37.7 Å². The lowest BCUT2D eigenvalue weighted by Crippen LogP contribution is -2.65. The Hall–Kier alpha value is -1.69. The minimum absolute atomic E-state index is 0.0397. The highest BCUT2D eigenvalue weighted by molar-refractivity contribution is 5.78. The van der Waals surface area contributed by atoms with Crippen LogP contribution in [0.1, 0.15) is 25.7 Å². The Balaban J connectivity index is 1.35. The topological polar surface area (TPSA) is 58.6 Å². The molecule has 6 heteroatoms. The number of carbonyl (C=O) groups is 1. The lowest BCUT2D eigenvalue weighted by atomic mass is 9.79. The highest BCUT2D eigenvalue weighted by Gasteiger charge is 2.53. The maximum absolute atomic E-state index is 11.7. The summed E-state index contributed by atoms with van der Waals surface area (Å²) in [5, 5.41) is 0. The maximum Gasteiger partial charge on any atom is 0.225 e. The molecule has 1 spiro atoms. The monoisotopic (exact) mass is 302 g/mol. The Morgan fingerprint density at radius 3 is 2.86 bits per heavy atom. The van der Waals surface area contributed by atoms with Gasteiger partial charge in [0.25, 0.3) is 0 Å². The predicted octanol–water partition coefficient (Wildman–Crippen LogP) is 1.08. The molecule has 1 amide bonds. The molecule has 0 saturated carbocycles. The smallest absolute Gasteiger partial charge is 0.225 e. The first-order valence-electron chi connectivity index (χ1n) is 8.21. The summed E-state index contributed by atoms with van der Waals surface area (Å²) in [6.45, 7) is 4.40. The maximum atomic E-state index is 11.7. The van der Waals surface area contributed by atoms with Crippen LogP contribution in [0.4, 0.5) is 5.95 Å². The molecule has 0 bridgehead atoms. The highest BCUT2D eigenvalue weighted by Crippen LogP contribution is 2.42. The van der Waals surface area contributed by atoms with Crippen molar-refractivity contribution >= 4 is 11.9 Å². The summed E-state index contributed by atoms with van der Waals surface area (Å²) < 4.78 is 6.08. The molecule has 118 valence electrons. The summed E-state index contributed by atoms with van der Waals surface area (Å²) in [6.07, 6.45) is 7.45. The summed E-state index contributed by atoms with van der Waals surface area (Å²) in [6, 6.07) is 1.83. The van der Waals surface area contributed by atoms with Crippen LogP contribution in [0.2, 0.25) is 0 Å². The number of ether oxygens (including phenoxy) is 1. The largest absolute Gasteiger partial charge is 0.371 e. The Morgan fingerprint density at radius 1 is 1.32 bits per heavy atom. The van der Waals surface area contributed by atoms with Crippen LogP contribution in [0.3, 0.4) is 0 Å². The molecule has 6 nitrogen and oxygen atoms in total. The van der Waals surface area contributed by atoms with E-state index in [0.717, 1.165) is 64.4 Å². The van der Waals surface area contributed by atoms with E-state index >= 15 is 0 Å². The van der Waals surface area contributed by atoms with E-state index in [1.54, 1.807) is 12.4 Å². The van der Waals surface area contributed by atoms with Crippen LogP contribution < -0.4 is 4.90 Å². The Kier molecular flexibility index (Phi) is 3.48. The second kappa shape index (κ2) is 5.50. The van der Waals surface area contributed by atoms with Crippen LogP contribution in [0, 0.1) is 5.92 Å². The van der Waals surface area contributed by atoms with Gasteiger partial charge in [-0.25, -0.2) is 9.97 Å². The lowest BCUT2D eigenvalue weighted by Gasteiger charge is -2.50. The van der Waals surface area contributed by atoms with Crippen LogP contribution in [-0.4, -0.2) is 59.2 Å². The first-order chi connectivity index (χ1) is 10.8. The number of anilines is 1.